The summed E-state index contributed by atoms with van der Waals surface area (Å²) in [5, 5.41) is 2.76. The molecule has 1 N–H and O–H groups in total. The Hall–Kier alpha value is -1.38. The van der Waals surface area contributed by atoms with Crippen molar-refractivity contribution in [3.63, 3.8) is 0 Å². The number of carbonyl (C=O) groups is 1. The van der Waals surface area contributed by atoms with Crippen molar-refractivity contribution >= 4 is 11.6 Å². The van der Waals surface area contributed by atoms with E-state index < -0.39 is 0 Å². The van der Waals surface area contributed by atoms with Gasteiger partial charge in [-0.15, -0.1) is 0 Å². The molecule has 0 saturated heterocycles. The summed E-state index contributed by atoms with van der Waals surface area (Å²) in [6.07, 6.45) is 3.47. The summed E-state index contributed by atoms with van der Waals surface area (Å²) in [5.41, 5.74) is 2.85. The van der Waals surface area contributed by atoms with Gasteiger partial charge in [0.25, 0.3) is 0 Å². The van der Waals surface area contributed by atoms with E-state index in [9.17, 15) is 4.79 Å². The third-order valence-electron chi connectivity index (χ3n) is 1.63. The molecule has 0 radical (unpaired) electrons. The van der Waals surface area contributed by atoms with Gasteiger partial charge in [-0.2, -0.15) is 0 Å². The highest BCUT2D eigenvalue weighted by molar-refractivity contribution is 5.90. The highest BCUT2D eigenvalue weighted by Crippen LogP contribution is 2.17. The first-order valence-electron chi connectivity index (χ1n) is 3.80. The zero-order valence-electron chi connectivity index (χ0n) is 7.51. The first kappa shape index (κ1) is 8.71. The Kier molecular flexibility index (Phi) is 2.43. The van der Waals surface area contributed by atoms with Crippen molar-refractivity contribution in [2.45, 2.75) is 20.8 Å². The molecule has 1 rings (SSSR count). The number of pyridine rings is 1. The molecule has 1 heterocycles. The molecular formula is C9H12N2O. The molecule has 12 heavy (non-hydrogen) atoms. The second-order valence-corrected chi connectivity index (χ2v) is 2.83. The quantitative estimate of drug-likeness (QED) is 0.685. The number of rotatable bonds is 1. The summed E-state index contributed by atoms with van der Waals surface area (Å²) in [7, 11) is 0. The van der Waals surface area contributed by atoms with Crippen LogP contribution in [0.4, 0.5) is 5.69 Å². The first-order valence-corrected chi connectivity index (χ1v) is 3.80. The number of aromatic nitrogens is 1. The Morgan fingerprint density at radius 3 is 2.25 bits per heavy atom. The molecule has 0 aromatic carbocycles. The van der Waals surface area contributed by atoms with Crippen molar-refractivity contribution in [1.82, 2.24) is 4.98 Å². The maximum atomic E-state index is 10.8. The number of carbonyl (C=O) groups excluding carboxylic acids is 1. The Bertz CT molecular complexity index is 287. The maximum Gasteiger partial charge on any atom is 0.221 e. The fraction of sp³-hybridized carbons (Fsp3) is 0.333. The normalized spacial score (nSPS) is 9.58. The van der Waals surface area contributed by atoms with Gasteiger partial charge in [-0.05, 0) is 25.0 Å². The Labute approximate surface area is 71.8 Å². The number of anilines is 1. The van der Waals surface area contributed by atoms with E-state index >= 15 is 0 Å². The van der Waals surface area contributed by atoms with Crippen molar-refractivity contribution in [2.24, 2.45) is 0 Å². The van der Waals surface area contributed by atoms with Crippen LogP contribution in [0.25, 0.3) is 0 Å². The van der Waals surface area contributed by atoms with E-state index in [1.165, 1.54) is 6.92 Å². The van der Waals surface area contributed by atoms with Crippen molar-refractivity contribution in [3.8, 4) is 0 Å². The summed E-state index contributed by atoms with van der Waals surface area (Å²) in [6, 6.07) is 0. The number of amides is 1. The molecule has 3 nitrogen and oxygen atoms in total. The highest BCUT2D eigenvalue weighted by atomic mass is 16.1. The molecule has 0 aliphatic carbocycles. The third kappa shape index (κ3) is 1.81. The Morgan fingerprint density at radius 2 is 1.83 bits per heavy atom. The van der Waals surface area contributed by atoms with Gasteiger partial charge in [0.15, 0.2) is 0 Å². The molecule has 0 saturated carbocycles. The summed E-state index contributed by atoms with van der Waals surface area (Å²) in [4.78, 5) is 14.8. The molecule has 3 heteroatoms. The van der Waals surface area contributed by atoms with Gasteiger partial charge in [0.2, 0.25) is 5.91 Å². The molecule has 0 aliphatic rings. The molecule has 1 amide bonds. The van der Waals surface area contributed by atoms with Crippen LogP contribution >= 0.6 is 0 Å². The largest absolute Gasteiger partial charge is 0.326 e. The Morgan fingerprint density at radius 1 is 1.33 bits per heavy atom. The molecule has 0 spiro atoms. The number of hydrogen-bond donors (Lipinski definition) is 1. The summed E-state index contributed by atoms with van der Waals surface area (Å²) in [5.74, 6) is -0.0487. The lowest BCUT2D eigenvalue weighted by atomic mass is 10.2. The molecule has 1 aromatic rings. The monoisotopic (exact) mass is 164 g/mol. The van der Waals surface area contributed by atoms with Gasteiger partial charge in [0.1, 0.15) is 0 Å². The van der Waals surface area contributed by atoms with Crippen molar-refractivity contribution in [2.75, 3.05) is 5.32 Å². The highest BCUT2D eigenvalue weighted by Gasteiger charge is 2.02. The van der Waals surface area contributed by atoms with E-state index in [0.29, 0.717) is 0 Å². The summed E-state index contributed by atoms with van der Waals surface area (Å²) in [6.45, 7) is 5.34. The topological polar surface area (TPSA) is 42.0 Å². The van der Waals surface area contributed by atoms with Gasteiger partial charge < -0.3 is 5.32 Å². The fourth-order valence-corrected chi connectivity index (χ4v) is 1.07. The smallest absolute Gasteiger partial charge is 0.221 e. The van der Waals surface area contributed by atoms with Crippen LogP contribution in [-0.4, -0.2) is 10.9 Å². The van der Waals surface area contributed by atoms with Crippen LogP contribution in [0, 0.1) is 13.8 Å². The van der Waals surface area contributed by atoms with E-state index in [1.807, 2.05) is 13.8 Å². The molecule has 1 aromatic heterocycles. The van der Waals surface area contributed by atoms with E-state index in [-0.39, 0.29) is 5.91 Å². The fourth-order valence-electron chi connectivity index (χ4n) is 1.07. The van der Waals surface area contributed by atoms with Crippen LogP contribution in [0.2, 0.25) is 0 Å². The predicted molar refractivity (Wildman–Crippen MR) is 48.0 cm³/mol. The second kappa shape index (κ2) is 3.34. The predicted octanol–water partition coefficient (Wildman–Crippen LogP) is 1.66. The minimum Gasteiger partial charge on any atom is -0.326 e. The zero-order valence-corrected chi connectivity index (χ0v) is 7.51. The number of aryl methyl sites for hydroxylation is 2. The van der Waals surface area contributed by atoms with Gasteiger partial charge in [-0.3, -0.25) is 9.78 Å². The molecule has 64 valence electrons. The summed E-state index contributed by atoms with van der Waals surface area (Å²) >= 11 is 0. The molecule has 0 aliphatic heterocycles. The lowest BCUT2D eigenvalue weighted by Gasteiger charge is -2.08. The van der Waals surface area contributed by atoms with Gasteiger partial charge in [0.05, 0.1) is 0 Å². The lowest BCUT2D eigenvalue weighted by molar-refractivity contribution is -0.114. The van der Waals surface area contributed by atoms with Gasteiger partial charge in [-0.1, -0.05) is 0 Å². The maximum absolute atomic E-state index is 10.8. The third-order valence-corrected chi connectivity index (χ3v) is 1.63. The molecule has 0 fully saturated rings. The molecule has 0 bridgehead atoms. The van der Waals surface area contributed by atoms with Crippen LogP contribution in [0.3, 0.4) is 0 Å². The van der Waals surface area contributed by atoms with E-state index in [0.717, 1.165) is 16.8 Å². The van der Waals surface area contributed by atoms with Crippen molar-refractivity contribution < 1.29 is 4.79 Å². The average Bonchev–Trinajstić information content (AvgIpc) is 1.97. The van der Waals surface area contributed by atoms with E-state index in [2.05, 4.69) is 10.3 Å². The molecule has 0 atom stereocenters. The van der Waals surface area contributed by atoms with Crippen molar-refractivity contribution in [3.05, 3.63) is 23.5 Å². The van der Waals surface area contributed by atoms with Crippen LogP contribution < -0.4 is 5.32 Å². The van der Waals surface area contributed by atoms with Crippen LogP contribution in [-0.2, 0) is 4.79 Å². The number of nitrogens with zero attached hydrogens (tertiary/aromatic N) is 1. The van der Waals surface area contributed by atoms with Crippen LogP contribution in [0.5, 0.6) is 0 Å². The van der Waals surface area contributed by atoms with E-state index in [1.54, 1.807) is 12.4 Å². The standard InChI is InChI=1S/C9H12N2O/c1-6-4-10-5-7(2)9(6)11-8(3)12/h4-5H,1-3H3,(H,10,11,12). The summed E-state index contributed by atoms with van der Waals surface area (Å²) < 4.78 is 0. The lowest BCUT2D eigenvalue weighted by Crippen LogP contribution is -2.08. The van der Waals surface area contributed by atoms with Gasteiger partial charge >= 0.3 is 0 Å². The average molecular weight is 164 g/mol. The molecule has 0 unspecified atom stereocenters. The zero-order chi connectivity index (χ0) is 9.14. The number of nitrogens with one attached hydrogen (secondary N) is 1. The SMILES string of the molecule is CC(=O)Nc1c(C)cncc1C. The van der Waals surface area contributed by atoms with Crippen molar-refractivity contribution in [1.29, 1.82) is 0 Å². The van der Waals surface area contributed by atoms with Gasteiger partial charge in [-0.25, -0.2) is 0 Å². The van der Waals surface area contributed by atoms with Gasteiger partial charge in [0, 0.05) is 25.0 Å². The van der Waals surface area contributed by atoms with Crippen LogP contribution in [0.15, 0.2) is 12.4 Å². The Balaban J connectivity index is 3.04. The minimum absolute atomic E-state index is 0.0487. The van der Waals surface area contributed by atoms with Crippen LogP contribution in [0.1, 0.15) is 18.1 Å². The minimum atomic E-state index is -0.0487. The number of hydrogen-bond acceptors (Lipinski definition) is 2. The molecular weight excluding hydrogens is 152 g/mol. The second-order valence-electron chi connectivity index (χ2n) is 2.83. The first-order chi connectivity index (χ1) is 5.61. The van der Waals surface area contributed by atoms with E-state index in [4.69, 9.17) is 0 Å².